The minimum absolute atomic E-state index is 0.0163. The highest BCUT2D eigenvalue weighted by Gasteiger charge is 2.40. The van der Waals surface area contributed by atoms with Crippen LogP contribution in [0.5, 0.6) is 0 Å². The van der Waals surface area contributed by atoms with Crippen LogP contribution in [0.2, 0.25) is 0 Å². The molecular formula is C36H63FN4O8. The largest absolute Gasteiger partial charge is 0.481 e. The molecule has 3 amide bonds. The van der Waals surface area contributed by atoms with Crippen molar-refractivity contribution in [1.29, 1.82) is 0 Å². The van der Waals surface area contributed by atoms with Gasteiger partial charge in [0.2, 0.25) is 5.91 Å². The first-order valence-electron chi connectivity index (χ1n) is 18.3. The van der Waals surface area contributed by atoms with E-state index in [4.69, 9.17) is 14.2 Å². The maximum Gasteiger partial charge on any atom is 0.315 e. The van der Waals surface area contributed by atoms with Gasteiger partial charge in [0.15, 0.2) is 5.78 Å². The number of rotatable bonds is 17. The Morgan fingerprint density at radius 3 is 2.08 bits per heavy atom. The first-order valence-corrected chi connectivity index (χ1v) is 18.3. The summed E-state index contributed by atoms with van der Waals surface area (Å²) >= 11 is 0. The number of aliphatic carboxylic acids is 1. The molecule has 49 heavy (non-hydrogen) atoms. The van der Waals surface area contributed by atoms with Gasteiger partial charge < -0.3 is 40.6 Å². The van der Waals surface area contributed by atoms with Crippen LogP contribution in [0.3, 0.4) is 0 Å². The van der Waals surface area contributed by atoms with Crippen molar-refractivity contribution >= 4 is 23.7 Å². The summed E-state index contributed by atoms with van der Waals surface area (Å²) < 4.78 is 31.2. The van der Waals surface area contributed by atoms with E-state index in [2.05, 4.69) is 21.3 Å². The maximum atomic E-state index is 14.3. The number of methoxy groups -OCH3 is 3. The molecule has 13 heteroatoms. The van der Waals surface area contributed by atoms with Crippen LogP contribution in [0, 0.1) is 17.8 Å². The number of carboxylic acid groups (broad SMARTS) is 1. The Kier molecular flexibility index (Phi) is 16.2. The zero-order valence-electron chi connectivity index (χ0n) is 30.7. The standard InChI is InChI=1S/C36H63FN4O8/c1-21(2)16-23(34(45)38-28(20-33(43)44)22-12-15-29(47-5)31(17-22)49-7)18-32(42)36(3,4)41-24-13-14-27(30(19-24)48-6)40-35(46)39-26-11-9-8-10-25(26)37/h21-31,41H,8-20H2,1-7H3,(H,38,45)(H,43,44)(H2,39,40,46)/t22?,23?,24?,25?,26?,27?,28-,29?,30?,31?/m0/s1. The highest BCUT2D eigenvalue weighted by Crippen LogP contribution is 2.32. The predicted molar refractivity (Wildman–Crippen MR) is 184 cm³/mol. The van der Waals surface area contributed by atoms with E-state index >= 15 is 0 Å². The first kappa shape index (κ1) is 41.1. The highest BCUT2D eigenvalue weighted by atomic mass is 19.1. The summed E-state index contributed by atoms with van der Waals surface area (Å²) in [6, 6.07) is -1.75. The Labute approximate surface area is 292 Å². The number of ether oxygens (including phenoxy) is 3. The van der Waals surface area contributed by atoms with Crippen molar-refractivity contribution in [1.82, 2.24) is 21.3 Å². The van der Waals surface area contributed by atoms with E-state index in [1.54, 1.807) is 21.3 Å². The number of hydrogen-bond donors (Lipinski definition) is 5. The monoisotopic (exact) mass is 698 g/mol. The zero-order chi connectivity index (χ0) is 36.3. The van der Waals surface area contributed by atoms with Crippen LogP contribution in [-0.2, 0) is 28.6 Å². The second-order valence-electron chi connectivity index (χ2n) is 15.5. The molecule has 0 radical (unpaired) electrons. The third-order valence-electron chi connectivity index (χ3n) is 10.9. The Bertz CT molecular complexity index is 1090. The van der Waals surface area contributed by atoms with Crippen LogP contribution >= 0.6 is 0 Å². The van der Waals surface area contributed by atoms with E-state index in [-0.39, 0.29) is 72.8 Å². The zero-order valence-corrected chi connectivity index (χ0v) is 30.7. The number of carboxylic acids is 1. The fourth-order valence-electron chi connectivity index (χ4n) is 8.07. The second kappa shape index (κ2) is 19.3. The molecule has 3 fully saturated rings. The molecule has 0 aliphatic heterocycles. The van der Waals surface area contributed by atoms with Crippen LogP contribution in [0.1, 0.15) is 111 Å². The molecule has 3 aliphatic rings. The van der Waals surface area contributed by atoms with Gasteiger partial charge in [0.25, 0.3) is 0 Å². The summed E-state index contributed by atoms with van der Waals surface area (Å²) in [5, 5.41) is 22.0. The van der Waals surface area contributed by atoms with E-state index in [0.717, 1.165) is 12.8 Å². The van der Waals surface area contributed by atoms with E-state index in [1.807, 2.05) is 27.7 Å². The number of carbonyl (C=O) groups is 4. The van der Waals surface area contributed by atoms with Crippen LogP contribution in [0.15, 0.2) is 0 Å². The molecule has 3 aliphatic carbocycles. The molecule has 0 spiro atoms. The Hall–Kier alpha value is -2.35. The molecular weight excluding hydrogens is 635 g/mol. The number of halogens is 1. The van der Waals surface area contributed by atoms with Crippen LogP contribution < -0.4 is 21.3 Å². The van der Waals surface area contributed by atoms with Crippen molar-refractivity contribution in [2.45, 2.75) is 165 Å². The molecule has 0 aromatic carbocycles. The van der Waals surface area contributed by atoms with Gasteiger partial charge in [-0.25, -0.2) is 9.18 Å². The van der Waals surface area contributed by atoms with Gasteiger partial charge in [-0.3, -0.25) is 14.4 Å². The summed E-state index contributed by atoms with van der Waals surface area (Å²) in [6.07, 6.45) is 5.39. The molecule has 5 N–H and O–H groups in total. The number of hydrogen-bond acceptors (Lipinski definition) is 8. The molecule has 0 bridgehead atoms. The SMILES string of the molecule is COC1CC(NC(C)(C)C(=O)CC(CC(C)C)C(=O)N[C@@H](CC(=O)O)C2CCC(OC)C(OC)C2)CCC1NC(=O)NC1CCCCC1F. The van der Waals surface area contributed by atoms with E-state index in [1.165, 1.54) is 0 Å². The smallest absolute Gasteiger partial charge is 0.315 e. The lowest BCUT2D eigenvalue weighted by Crippen LogP contribution is -2.59. The second-order valence-corrected chi connectivity index (χ2v) is 15.5. The summed E-state index contributed by atoms with van der Waals surface area (Å²) in [5.74, 6) is -1.97. The number of amides is 3. The van der Waals surface area contributed by atoms with Crippen molar-refractivity contribution in [3.8, 4) is 0 Å². The molecule has 0 aromatic heterocycles. The minimum Gasteiger partial charge on any atom is -0.481 e. The third kappa shape index (κ3) is 12.4. The van der Waals surface area contributed by atoms with Crippen molar-refractivity contribution in [3.63, 3.8) is 0 Å². The van der Waals surface area contributed by atoms with Gasteiger partial charge >= 0.3 is 12.0 Å². The lowest BCUT2D eigenvalue weighted by molar-refractivity contribution is -0.139. The highest BCUT2D eigenvalue weighted by molar-refractivity contribution is 5.92. The predicted octanol–water partition coefficient (Wildman–Crippen LogP) is 4.28. The lowest BCUT2D eigenvalue weighted by atomic mass is 9.79. The fourth-order valence-corrected chi connectivity index (χ4v) is 8.07. The van der Waals surface area contributed by atoms with Gasteiger partial charge in [-0.05, 0) is 83.5 Å². The number of Topliss-reactive ketones (excluding diaryl/α,β-unsaturated/α-hetero) is 1. The van der Waals surface area contributed by atoms with Gasteiger partial charge in [0, 0.05) is 45.8 Å². The normalized spacial score (nSPS) is 30.6. The topological polar surface area (TPSA) is 164 Å². The molecule has 282 valence electrons. The van der Waals surface area contributed by atoms with Crippen LogP contribution in [0.25, 0.3) is 0 Å². The fraction of sp³-hybridized carbons (Fsp3) is 0.889. The van der Waals surface area contributed by atoms with Crippen LogP contribution in [0.4, 0.5) is 9.18 Å². The number of alkyl halides is 1. The Morgan fingerprint density at radius 1 is 0.816 bits per heavy atom. The first-order chi connectivity index (χ1) is 23.2. The molecule has 0 saturated heterocycles. The maximum absolute atomic E-state index is 14.3. The van der Waals surface area contributed by atoms with E-state index < -0.39 is 35.7 Å². The molecule has 10 atom stereocenters. The van der Waals surface area contributed by atoms with Gasteiger partial charge in [-0.1, -0.05) is 26.7 Å². The van der Waals surface area contributed by atoms with Crippen molar-refractivity contribution in [2.24, 2.45) is 17.8 Å². The number of nitrogens with one attached hydrogen (secondary N) is 4. The van der Waals surface area contributed by atoms with Gasteiger partial charge in [-0.15, -0.1) is 0 Å². The van der Waals surface area contributed by atoms with E-state index in [9.17, 15) is 28.7 Å². The van der Waals surface area contributed by atoms with Crippen molar-refractivity contribution in [3.05, 3.63) is 0 Å². The van der Waals surface area contributed by atoms with Gasteiger partial charge in [-0.2, -0.15) is 0 Å². The Balaban J connectivity index is 1.60. The molecule has 9 unspecified atom stereocenters. The minimum atomic E-state index is -1.03. The van der Waals surface area contributed by atoms with Gasteiger partial charge in [0.1, 0.15) is 6.17 Å². The molecule has 3 rings (SSSR count). The Morgan fingerprint density at radius 2 is 1.47 bits per heavy atom. The average Bonchev–Trinajstić information content (AvgIpc) is 3.04. The van der Waals surface area contributed by atoms with Crippen molar-refractivity contribution in [2.75, 3.05) is 21.3 Å². The quantitative estimate of drug-likeness (QED) is 0.149. The lowest BCUT2D eigenvalue weighted by Gasteiger charge is -2.40. The van der Waals surface area contributed by atoms with Crippen molar-refractivity contribution < 1.29 is 42.9 Å². The van der Waals surface area contributed by atoms with Gasteiger partial charge in [0.05, 0.1) is 42.4 Å². The number of carbonyl (C=O) groups excluding carboxylic acids is 3. The summed E-state index contributed by atoms with van der Waals surface area (Å²) in [5.41, 5.74) is -0.947. The number of ketones is 1. The van der Waals surface area contributed by atoms with Crippen LogP contribution in [-0.4, -0.2) is 104 Å². The third-order valence-corrected chi connectivity index (χ3v) is 10.9. The molecule has 0 aromatic rings. The summed E-state index contributed by atoms with van der Waals surface area (Å²) in [6.45, 7) is 7.65. The average molecular weight is 699 g/mol. The molecule has 0 heterocycles. The summed E-state index contributed by atoms with van der Waals surface area (Å²) in [4.78, 5) is 52.2. The molecule has 3 saturated carbocycles. The number of urea groups is 1. The molecule has 12 nitrogen and oxygen atoms in total. The van der Waals surface area contributed by atoms with E-state index in [0.29, 0.717) is 57.8 Å². The summed E-state index contributed by atoms with van der Waals surface area (Å²) in [7, 11) is 4.85.